The number of H-pyrrole nitrogens is 1. The standard InChI is InChI=1S/C13H23N3O/c1-11(2)8-14-5-3-6-15-9-12-10-16-7-4-13(12)17/h4,7,10-11,14-15H,3,5-6,8-9H2,1-2H3,(H,16,17). The van der Waals surface area contributed by atoms with E-state index in [0.717, 1.165) is 31.6 Å². The monoisotopic (exact) mass is 237 g/mol. The summed E-state index contributed by atoms with van der Waals surface area (Å²) in [6.45, 7) is 8.06. The third-order valence-electron chi connectivity index (χ3n) is 2.48. The zero-order chi connectivity index (χ0) is 12.5. The van der Waals surface area contributed by atoms with Crippen LogP contribution in [-0.2, 0) is 6.54 Å². The summed E-state index contributed by atoms with van der Waals surface area (Å²) >= 11 is 0. The van der Waals surface area contributed by atoms with Gasteiger partial charge in [0.1, 0.15) is 0 Å². The lowest BCUT2D eigenvalue weighted by atomic mass is 10.2. The van der Waals surface area contributed by atoms with Gasteiger partial charge in [0.15, 0.2) is 5.43 Å². The SMILES string of the molecule is CC(C)CNCCCNCc1c[nH]ccc1=O. The van der Waals surface area contributed by atoms with E-state index in [1.54, 1.807) is 18.5 Å². The minimum absolute atomic E-state index is 0.0918. The molecule has 0 saturated heterocycles. The van der Waals surface area contributed by atoms with Crippen molar-refractivity contribution >= 4 is 0 Å². The van der Waals surface area contributed by atoms with Gasteiger partial charge in [-0.3, -0.25) is 4.79 Å². The Balaban J connectivity index is 2.05. The fourth-order valence-electron chi connectivity index (χ4n) is 1.54. The van der Waals surface area contributed by atoms with E-state index in [9.17, 15) is 4.79 Å². The second-order valence-electron chi connectivity index (χ2n) is 4.66. The Bertz CT molecular complexity index is 360. The molecular formula is C13H23N3O. The maximum Gasteiger partial charge on any atom is 0.186 e. The lowest BCUT2D eigenvalue weighted by Gasteiger charge is -2.07. The summed E-state index contributed by atoms with van der Waals surface area (Å²) in [5.74, 6) is 0.700. The molecule has 0 aliphatic heterocycles. The highest BCUT2D eigenvalue weighted by atomic mass is 16.1. The topological polar surface area (TPSA) is 56.9 Å². The van der Waals surface area contributed by atoms with Gasteiger partial charge in [-0.25, -0.2) is 0 Å². The third-order valence-corrected chi connectivity index (χ3v) is 2.48. The molecule has 0 spiro atoms. The molecule has 1 heterocycles. The van der Waals surface area contributed by atoms with Crippen LogP contribution in [0.2, 0.25) is 0 Å². The van der Waals surface area contributed by atoms with Gasteiger partial charge >= 0.3 is 0 Å². The van der Waals surface area contributed by atoms with E-state index in [1.807, 2.05) is 0 Å². The van der Waals surface area contributed by atoms with Gasteiger partial charge in [-0.15, -0.1) is 0 Å². The maximum atomic E-state index is 11.4. The van der Waals surface area contributed by atoms with Crippen molar-refractivity contribution in [3.05, 3.63) is 34.2 Å². The highest BCUT2D eigenvalue weighted by molar-refractivity contribution is 5.08. The molecular weight excluding hydrogens is 214 g/mol. The summed E-state index contributed by atoms with van der Waals surface area (Å²) in [6, 6.07) is 1.56. The number of rotatable bonds is 8. The molecule has 0 atom stereocenters. The van der Waals surface area contributed by atoms with Crippen LogP contribution in [0.3, 0.4) is 0 Å². The van der Waals surface area contributed by atoms with E-state index in [4.69, 9.17) is 0 Å². The lowest BCUT2D eigenvalue weighted by Crippen LogP contribution is -2.25. The first-order valence-electron chi connectivity index (χ1n) is 6.27. The molecule has 0 aliphatic rings. The molecule has 1 aromatic heterocycles. The average molecular weight is 237 g/mol. The molecule has 17 heavy (non-hydrogen) atoms. The largest absolute Gasteiger partial charge is 0.367 e. The zero-order valence-electron chi connectivity index (χ0n) is 10.8. The van der Waals surface area contributed by atoms with Gasteiger partial charge in [0.05, 0.1) is 0 Å². The van der Waals surface area contributed by atoms with Crippen molar-refractivity contribution < 1.29 is 0 Å². The van der Waals surface area contributed by atoms with Crippen LogP contribution in [0, 0.1) is 5.92 Å². The minimum Gasteiger partial charge on any atom is -0.367 e. The third kappa shape index (κ3) is 6.24. The number of nitrogens with one attached hydrogen (secondary N) is 3. The molecule has 96 valence electrons. The number of hydrogen-bond donors (Lipinski definition) is 3. The summed E-state index contributed by atoms with van der Waals surface area (Å²) in [5.41, 5.74) is 0.886. The van der Waals surface area contributed by atoms with Crippen molar-refractivity contribution in [2.75, 3.05) is 19.6 Å². The summed E-state index contributed by atoms with van der Waals surface area (Å²) in [6.07, 6.45) is 4.49. The van der Waals surface area contributed by atoms with Crippen LogP contribution >= 0.6 is 0 Å². The van der Waals surface area contributed by atoms with Crippen LogP contribution in [-0.4, -0.2) is 24.6 Å². The van der Waals surface area contributed by atoms with E-state index in [2.05, 4.69) is 29.5 Å². The normalized spacial score (nSPS) is 11.0. The van der Waals surface area contributed by atoms with Gasteiger partial charge in [0, 0.05) is 30.6 Å². The lowest BCUT2D eigenvalue weighted by molar-refractivity contribution is 0.530. The fraction of sp³-hybridized carbons (Fsp3) is 0.615. The van der Waals surface area contributed by atoms with Crippen LogP contribution < -0.4 is 16.1 Å². The highest BCUT2D eigenvalue weighted by Gasteiger charge is 1.97. The van der Waals surface area contributed by atoms with Gasteiger partial charge in [-0.05, 0) is 32.0 Å². The van der Waals surface area contributed by atoms with Crippen molar-refractivity contribution in [1.29, 1.82) is 0 Å². The highest BCUT2D eigenvalue weighted by Crippen LogP contribution is 1.88. The minimum atomic E-state index is 0.0918. The van der Waals surface area contributed by atoms with Gasteiger partial charge in [-0.2, -0.15) is 0 Å². The van der Waals surface area contributed by atoms with Gasteiger partial charge in [0.25, 0.3) is 0 Å². The van der Waals surface area contributed by atoms with E-state index in [1.165, 1.54) is 0 Å². The van der Waals surface area contributed by atoms with Crippen LogP contribution in [0.5, 0.6) is 0 Å². The van der Waals surface area contributed by atoms with E-state index >= 15 is 0 Å². The molecule has 0 saturated carbocycles. The van der Waals surface area contributed by atoms with Crippen LogP contribution in [0.25, 0.3) is 0 Å². The second-order valence-corrected chi connectivity index (χ2v) is 4.66. The Morgan fingerprint density at radius 3 is 2.76 bits per heavy atom. The van der Waals surface area contributed by atoms with Gasteiger partial charge < -0.3 is 15.6 Å². The zero-order valence-corrected chi connectivity index (χ0v) is 10.8. The predicted octanol–water partition coefficient (Wildman–Crippen LogP) is 1.10. The Labute approximate surface area is 103 Å². The van der Waals surface area contributed by atoms with Crippen molar-refractivity contribution in [3.8, 4) is 0 Å². The number of hydrogen-bond acceptors (Lipinski definition) is 3. The average Bonchev–Trinajstić information content (AvgIpc) is 2.30. The van der Waals surface area contributed by atoms with Crippen molar-refractivity contribution in [3.63, 3.8) is 0 Å². The van der Waals surface area contributed by atoms with E-state index in [0.29, 0.717) is 12.5 Å². The molecule has 0 aliphatic carbocycles. The quantitative estimate of drug-likeness (QED) is 0.593. The summed E-state index contributed by atoms with van der Waals surface area (Å²) in [4.78, 5) is 14.3. The Kier molecular flexibility index (Phi) is 6.58. The van der Waals surface area contributed by atoms with Gasteiger partial charge in [0.2, 0.25) is 0 Å². The molecule has 0 fully saturated rings. The molecule has 1 aromatic rings. The predicted molar refractivity (Wildman–Crippen MR) is 71.1 cm³/mol. The first kappa shape index (κ1) is 13.9. The van der Waals surface area contributed by atoms with E-state index in [-0.39, 0.29) is 5.43 Å². The molecule has 1 rings (SSSR count). The number of aromatic nitrogens is 1. The van der Waals surface area contributed by atoms with Gasteiger partial charge in [-0.1, -0.05) is 13.8 Å². The summed E-state index contributed by atoms with van der Waals surface area (Å²) in [7, 11) is 0. The Morgan fingerprint density at radius 1 is 1.29 bits per heavy atom. The molecule has 0 unspecified atom stereocenters. The van der Waals surface area contributed by atoms with Crippen molar-refractivity contribution in [2.24, 2.45) is 5.92 Å². The van der Waals surface area contributed by atoms with Crippen LogP contribution in [0.1, 0.15) is 25.8 Å². The molecule has 0 radical (unpaired) electrons. The number of pyridine rings is 1. The molecule has 0 aromatic carbocycles. The van der Waals surface area contributed by atoms with Crippen LogP contribution in [0.4, 0.5) is 0 Å². The second kappa shape index (κ2) is 8.03. The molecule has 0 bridgehead atoms. The first-order chi connectivity index (χ1) is 8.20. The Hall–Kier alpha value is -1.13. The first-order valence-corrected chi connectivity index (χ1v) is 6.27. The fourth-order valence-corrected chi connectivity index (χ4v) is 1.54. The summed E-state index contributed by atoms with van der Waals surface area (Å²) < 4.78 is 0. The van der Waals surface area contributed by atoms with Crippen molar-refractivity contribution in [2.45, 2.75) is 26.8 Å². The van der Waals surface area contributed by atoms with E-state index < -0.39 is 0 Å². The molecule has 4 nitrogen and oxygen atoms in total. The molecule has 3 N–H and O–H groups in total. The number of aromatic amines is 1. The molecule has 4 heteroatoms. The smallest absolute Gasteiger partial charge is 0.186 e. The summed E-state index contributed by atoms with van der Waals surface area (Å²) in [5, 5.41) is 6.66. The van der Waals surface area contributed by atoms with Crippen molar-refractivity contribution in [1.82, 2.24) is 15.6 Å². The maximum absolute atomic E-state index is 11.4. The van der Waals surface area contributed by atoms with Crippen LogP contribution in [0.15, 0.2) is 23.3 Å². The Morgan fingerprint density at radius 2 is 2.06 bits per heavy atom. The molecule has 0 amide bonds.